The third-order valence-electron chi connectivity index (χ3n) is 2.63. The van der Waals surface area contributed by atoms with Gasteiger partial charge in [-0.1, -0.05) is 41.9 Å². The second-order valence-electron chi connectivity index (χ2n) is 3.89. The molecule has 1 aromatic carbocycles. The van der Waals surface area contributed by atoms with Crippen LogP contribution in [0.15, 0.2) is 23.2 Å². The topological polar surface area (TPSA) is 24.4 Å². The number of anilines is 1. The van der Waals surface area contributed by atoms with Crippen LogP contribution in [0.4, 0.5) is 5.69 Å². The third-order valence-corrected chi connectivity index (χ3v) is 4.29. The summed E-state index contributed by atoms with van der Waals surface area (Å²) in [5.41, 5.74) is 0.933. The summed E-state index contributed by atoms with van der Waals surface area (Å²) in [7, 11) is 0. The minimum Gasteiger partial charge on any atom is -0.335 e. The molecular weight excluding hydrogens is 275 g/mol. The molecule has 2 nitrogen and oxygen atoms in total. The number of hydrogen-bond acceptors (Lipinski definition) is 3. The highest BCUT2D eigenvalue weighted by Gasteiger charge is 2.14. The maximum absolute atomic E-state index is 5.97. The molecule has 5 heteroatoms. The van der Waals surface area contributed by atoms with E-state index in [-0.39, 0.29) is 0 Å². The number of nitrogens with zero attached hydrogens (tertiary/aromatic N) is 1. The highest BCUT2D eigenvalue weighted by atomic mass is 35.5. The zero-order valence-corrected chi connectivity index (χ0v) is 11.9. The summed E-state index contributed by atoms with van der Waals surface area (Å²) in [4.78, 5) is 4.64. The Morgan fingerprint density at radius 1 is 1.41 bits per heavy atom. The standard InChI is InChI=1S/C12H14Cl2N2S/c1-2-8-5-6-17-12(15-8)16-9-3-4-10(13)11(14)7-9/h3-4,7-8H,2,5-6H2,1H3,(H,15,16). The van der Waals surface area contributed by atoms with Crippen molar-refractivity contribution in [1.29, 1.82) is 0 Å². The zero-order valence-electron chi connectivity index (χ0n) is 9.54. The summed E-state index contributed by atoms with van der Waals surface area (Å²) in [6.45, 7) is 2.17. The summed E-state index contributed by atoms with van der Waals surface area (Å²) in [6, 6.07) is 5.97. The molecule has 92 valence electrons. The van der Waals surface area contributed by atoms with E-state index >= 15 is 0 Å². The third kappa shape index (κ3) is 3.54. The number of halogens is 2. The van der Waals surface area contributed by atoms with Gasteiger partial charge in [-0.15, -0.1) is 0 Å². The monoisotopic (exact) mass is 288 g/mol. The first-order valence-electron chi connectivity index (χ1n) is 5.61. The summed E-state index contributed by atoms with van der Waals surface area (Å²) in [5, 5.41) is 5.39. The molecule has 1 aliphatic rings. The fourth-order valence-corrected chi connectivity index (χ4v) is 2.92. The Labute approximate surface area is 116 Å². The number of thioether (sulfide) groups is 1. The average molecular weight is 289 g/mol. The molecule has 0 spiro atoms. The second kappa shape index (κ2) is 5.98. The van der Waals surface area contributed by atoms with Gasteiger partial charge in [0, 0.05) is 11.4 Å². The van der Waals surface area contributed by atoms with Crippen LogP contribution in [0.1, 0.15) is 19.8 Å². The smallest absolute Gasteiger partial charge is 0.161 e. The Balaban J connectivity index is 2.09. The highest BCUT2D eigenvalue weighted by molar-refractivity contribution is 8.14. The summed E-state index contributed by atoms with van der Waals surface area (Å²) < 4.78 is 0. The van der Waals surface area contributed by atoms with Gasteiger partial charge in [0.05, 0.1) is 16.1 Å². The van der Waals surface area contributed by atoms with Crippen molar-refractivity contribution in [2.24, 2.45) is 4.99 Å². The largest absolute Gasteiger partial charge is 0.335 e. The van der Waals surface area contributed by atoms with E-state index < -0.39 is 0 Å². The Kier molecular flexibility index (Phi) is 4.60. The van der Waals surface area contributed by atoms with E-state index in [2.05, 4.69) is 17.2 Å². The summed E-state index contributed by atoms with van der Waals surface area (Å²) >= 11 is 13.6. The van der Waals surface area contributed by atoms with Crippen LogP contribution >= 0.6 is 35.0 Å². The first kappa shape index (κ1) is 13.1. The summed E-state index contributed by atoms with van der Waals surface area (Å²) in [6.07, 6.45) is 2.25. The van der Waals surface area contributed by atoms with Crippen LogP contribution in [-0.4, -0.2) is 17.0 Å². The van der Waals surface area contributed by atoms with Crippen molar-refractivity contribution in [3.8, 4) is 0 Å². The fourth-order valence-electron chi connectivity index (χ4n) is 1.62. The molecule has 0 saturated carbocycles. The molecule has 1 atom stereocenters. The number of amidine groups is 1. The molecule has 1 N–H and O–H groups in total. The first-order chi connectivity index (χ1) is 8.19. The number of benzene rings is 1. The van der Waals surface area contributed by atoms with Crippen LogP contribution in [0, 0.1) is 0 Å². The van der Waals surface area contributed by atoms with E-state index in [9.17, 15) is 0 Å². The molecule has 0 bridgehead atoms. The quantitative estimate of drug-likeness (QED) is 0.855. The van der Waals surface area contributed by atoms with Crippen LogP contribution in [-0.2, 0) is 0 Å². The average Bonchev–Trinajstić information content (AvgIpc) is 2.34. The molecule has 0 aliphatic carbocycles. The SMILES string of the molecule is CCC1CCSC(Nc2ccc(Cl)c(Cl)c2)=N1. The predicted octanol–water partition coefficient (Wildman–Crippen LogP) is 4.68. The Morgan fingerprint density at radius 3 is 2.94 bits per heavy atom. The van der Waals surface area contributed by atoms with Crippen molar-refractivity contribution in [2.75, 3.05) is 11.1 Å². The minimum absolute atomic E-state index is 0.446. The Morgan fingerprint density at radius 2 is 2.24 bits per heavy atom. The lowest BCUT2D eigenvalue weighted by atomic mass is 10.2. The fraction of sp³-hybridized carbons (Fsp3) is 0.417. The van der Waals surface area contributed by atoms with Crippen molar-refractivity contribution in [2.45, 2.75) is 25.8 Å². The number of aliphatic imine (C=N–C) groups is 1. The normalized spacial score (nSPS) is 19.9. The lowest BCUT2D eigenvalue weighted by molar-refractivity contribution is 0.634. The molecule has 0 aromatic heterocycles. The van der Waals surface area contributed by atoms with Crippen molar-refractivity contribution in [3.63, 3.8) is 0 Å². The van der Waals surface area contributed by atoms with Gasteiger partial charge in [-0.3, -0.25) is 4.99 Å². The highest BCUT2D eigenvalue weighted by Crippen LogP contribution is 2.27. The predicted molar refractivity (Wildman–Crippen MR) is 78.7 cm³/mol. The van der Waals surface area contributed by atoms with E-state index in [1.807, 2.05) is 12.1 Å². The molecule has 1 aromatic rings. The van der Waals surface area contributed by atoms with Crippen molar-refractivity contribution in [1.82, 2.24) is 0 Å². The van der Waals surface area contributed by atoms with Crippen LogP contribution < -0.4 is 5.32 Å². The molecule has 0 fully saturated rings. The molecule has 17 heavy (non-hydrogen) atoms. The van der Waals surface area contributed by atoms with Gasteiger partial charge in [0.2, 0.25) is 0 Å². The van der Waals surface area contributed by atoms with Gasteiger partial charge in [0.1, 0.15) is 0 Å². The van der Waals surface area contributed by atoms with Gasteiger partial charge in [0.25, 0.3) is 0 Å². The number of rotatable bonds is 2. The molecule has 1 heterocycles. The molecule has 0 radical (unpaired) electrons. The van der Waals surface area contributed by atoms with Crippen LogP contribution in [0.25, 0.3) is 0 Å². The van der Waals surface area contributed by atoms with Crippen molar-refractivity contribution in [3.05, 3.63) is 28.2 Å². The van der Waals surface area contributed by atoms with Crippen LogP contribution in [0.2, 0.25) is 10.0 Å². The molecule has 0 saturated heterocycles. The number of hydrogen-bond donors (Lipinski definition) is 1. The number of nitrogens with one attached hydrogen (secondary N) is 1. The lowest BCUT2D eigenvalue weighted by Crippen LogP contribution is -2.19. The molecule has 1 aliphatic heterocycles. The van der Waals surface area contributed by atoms with E-state index in [0.717, 1.165) is 29.4 Å². The van der Waals surface area contributed by atoms with Gasteiger partial charge in [-0.05, 0) is 31.0 Å². The lowest BCUT2D eigenvalue weighted by Gasteiger charge is -2.19. The molecule has 1 unspecified atom stereocenters. The minimum atomic E-state index is 0.446. The van der Waals surface area contributed by atoms with E-state index in [0.29, 0.717) is 16.1 Å². The maximum Gasteiger partial charge on any atom is 0.161 e. The van der Waals surface area contributed by atoms with E-state index in [1.54, 1.807) is 17.8 Å². The van der Waals surface area contributed by atoms with Gasteiger partial charge in [0.15, 0.2) is 5.17 Å². The van der Waals surface area contributed by atoms with E-state index in [1.165, 1.54) is 0 Å². The van der Waals surface area contributed by atoms with Crippen molar-refractivity contribution >= 4 is 45.8 Å². The van der Waals surface area contributed by atoms with Gasteiger partial charge >= 0.3 is 0 Å². The maximum atomic E-state index is 5.97. The van der Waals surface area contributed by atoms with E-state index in [4.69, 9.17) is 23.2 Å². The summed E-state index contributed by atoms with van der Waals surface area (Å²) in [5.74, 6) is 1.12. The first-order valence-corrected chi connectivity index (χ1v) is 7.36. The Hall–Kier alpha value is -0.380. The molecular formula is C12H14Cl2N2S. The molecule has 2 rings (SSSR count). The van der Waals surface area contributed by atoms with Crippen LogP contribution in [0.3, 0.4) is 0 Å². The molecule has 0 amide bonds. The van der Waals surface area contributed by atoms with Gasteiger partial charge < -0.3 is 5.32 Å². The zero-order chi connectivity index (χ0) is 12.3. The Bertz CT molecular complexity index is 435. The van der Waals surface area contributed by atoms with Gasteiger partial charge in [-0.25, -0.2) is 0 Å². The van der Waals surface area contributed by atoms with Crippen molar-refractivity contribution < 1.29 is 0 Å². The van der Waals surface area contributed by atoms with Crippen LogP contribution in [0.5, 0.6) is 0 Å². The second-order valence-corrected chi connectivity index (χ2v) is 5.79. The van der Waals surface area contributed by atoms with Gasteiger partial charge in [-0.2, -0.15) is 0 Å².